The average molecular weight is 933 g/mol. The van der Waals surface area contributed by atoms with E-state index in [1.54, 1.807) is 0 Å². The van der Waals surface area contributed by atoms with E-state index in [9.17, 15) is 0 Å². The third-order valence-corrected chi connectivity index (χ3v) is 13.6. The highest BCUT2D eigenvalue weighted by atomic mass is 31.1. The molecule has 0 saturated carbocycles. The molecule has 356 valence electrons. The minimum absolute atomic E-state index is 0.298. The van der Waals surface area contributed by atoms with Gasteiger partial charge in [0.05, 0.1) is 38.6 Å². The maximum Gasteiger partial charge on any atom is 0.387 e. The van der Waals surface area contributed by atoms with Crippen LogP contribution in [0.3, 0.4) is 0 Å². The largest absolute Gasteiger partial charge is 0.494 e. The quantitative estimate of drug-likeness (QED) is 0.105. The first kappa shape index (κ1) is 50.2. The smallest absolute Gasteiger partial charge is 0.387 e. The lowest BCUT2D eigenvalue weighted by Gasteiger charge is -2.22. The highest BCUT2D eigenvalue weighted by Gasteiger charge is 2.29. The number of benzene rings is 4. The van der Waals surface area contributed by atoms with Crippen molar-refractivity contribution in [1.29, 1.82) is 0 Å². The molecule has 4 aromatic carbocycles. The molecule has 0 aliphatic carbocycles. The molecule has 2 heterocycles. The lowest BCUT2D eigenvalue weighted by Crippen LogP contribution is -2.21. The summed E-state index contributed by atoms with van der Waals surface area (Å²) in [5.74, 6) is 3.06. The molecule has 10 nitrogen and oxygen atoms in total. The zero-order valence-electron chi connectivity index (χ0n) is 42.3. The average Bonchev–Trinajstić information content (AvgIpc) is 3.43. The van der Waals surface area contributed by atoms with Crippen molar-refractivity contribution >= 4 is 60.4 Å². The molecule has 0 spiro atoms. The Balaban J connectivity index is 1.51. The van der Waals surface area contributed by atoms with Crippen LogP contribution in [0.15, 0.2) is 65.3 Å². The van der Waals surface area contributed by atoms with E-state index in [1.807, 2.05) is 65.8 Å². The summed E-state index contributed by atoms with van der Waals surface area (Å²) in [5.41, 5.74) is 5.62. The molecule has 0 aliphatic rings. The lowest BCUT2D eigenvalue weighted by molar-refractivity contribution is 0.184. The number of rotatable bonds is 14. The summed E-state index contributed by atoms with van der Waals surface area (Å²) < 4.78 is 66.2. The molecule has 0 saturated heterocycles. The molecule has 0 bridgehead atoms. The Morgan fingerprint density at radius 2 is 0.600 bits per heavy atom. The van der Waals surface area contributed by atoms with E-state index >= 15 is 0 Å². The van der Waals surface area contributed by atoms with Gasteiger partial charge in [-0.25, -0.2) is 0 Å². The molecule has 0 amide bonds. The van der Waals surface area contributed by atoms with E-state index in [-0.39, 0.29) is 33.9 Å². The normalized spacial score (nSPS) is 13.7. The molecule has 6 rings (SSSR count). The van der Waals surface area contributed by atoms with E-state index in [1.165, 1.54) is 0 Å². The van der Waals surface area contributed by atoms with Gasteiger partial charge in [-0.15, -0.1) is 0 Å². The minimum Gasteiger partial charge on any atom is -0.494 e. The van der Waals surface area contributed by atoms with Gasteiger partial charge in [-0.2, -0.15) is 0 Å². The van der Waals surface area contributed by atoms with Crippen molar-refractivity contribution in [3.05, 3.63) is 70.8 Å². The number of fused-ring (bicyclic) bond motifs is 6. The molecule has 0 N–H and O–H groups in total. The first-order valence-corrected chi connectivity index (χ1v) is 25.5. The lowest BCUT2D eigenvalue weighted by atomic mass is 9.84. The molecular formula is C53H74O10P2. The SMILES string of the molecule is CCOc1cc(C(C)(C)C)c2op(O[C@H](C)C[C@@H](C)Op3oc4c(C(C)(C)C)cc(OCC)cc4c4cc(OCC)cc(C(C)(C)C)c4o3)oc3c(C(C)(C)C)cc(OCC)cc3c2c1. The second-order valence-electron chi connectivity index (χ2n) is 21.0. The van der Waals surface area contributed by atoms with Crippen LogP contribution < -0.4 is 28.0 Å². The maximum atomic E-state index is 6.96. The Kier molecular flexibility index (Phi) is 15.1. The van der Waals surface area contributed by atoms with E-state index in [0.717, 1.165) is 66.8 Å². The van der Waals surface area contributed by atoms with Crippen LogP contribution in [-0.4, -0.2) is 38.6 Å². The Morgan fingerprint density at radius 1 is 0.385 bits per heavy atom. The van der Waals surface area contributed by atoms with Crippen molar-refractivity contribution < 1.29 is 44.8 Å². The summed E-state index contributed by atoms with van der Waals surface area (Å²) in [4.78, 5) is 0. The van der Waals surface area contributed by atoms with E-state index in [2.05, 4.69) is 107 Å². The van der Waals surface area contributed by atoms with Gasteiger partial charge in [-0.1, -0.05) is 83.1 Å². The second kappa shape index (κ2) is 19.6. The van der Waals surface area contributed by atoms with Crippen molar-refractivity contribution in [2.45, 2.75) is 165 Å². The van der Waals surface area contributed by atoms with Crippen LogP contribution in [0.25, 0.3) is 43.9 Å². The highest BCUT2D eigenvalue weighted by Crippen LogP contribution is 2.47. The van der Waals surface area contributed by atoms with Crippen LogP contribution in [0.4, 0.5) is 0 Å². The number of ether oxygens (including phenoxy) is 4. The van der Waals surface area contributed by atoms with Crippen molar-refractivity contribution in [3.63, 3.8) is 0 Å². The summed E-state index contributed by atoms with van der Waals surface area (Å²) in [6.07, 6.45) is -0.226. The summed E-state index contributed by atoms with van der Waals surface area (Å²) in [6.45, 7) is 40.3. The topological polar surface area (TPSA) is 108 Å². The summed E-state index contributed by atoms with van der Waals surface area (Å²) in [5, 5.41) is 3.49. The van der Waals surface area contributed by atoms with E-state index < -0.39 is 16.5 Å². The molecular weight excluding hydrogens is 859 g/mol. The maximum absolute atomic E-state index is 6.96. The highest BCUT2D eigenvalue weighted by molar-refractivity contribution is 7.32. The summed E-state index contributed by atoms with van der Waals surface area (Å²) in [7, 11) is -3.92. The third-order valence-electron chi connectivity index (χ3n) is 11.2. The minimum atomic E-state index is -1.96. The Labute approximate surface area is 388 Å². The molecule has 0 radical (unpaired) electrons. The molecule has 0 aliphatic heterocycles. The Bertz CT molecular complexity index is 2360. The van der Waals surface area contributed by atoms with Crippen LogP contribution in [0.5, 0.6) is 23.0 Å². The van der Waals surface area contributed by atoms with Crippen LogP contribution in [0.1, 0.15) is 153 Å². The van der Waals surface area contributed by atoms with E-state index in [4.69, 9.17) is 44.8 Å². The molecule has 12 heteroatoms. The number of hydrogen-bond donors (Lipinski definition) is 0. The summed E-state index contributed by atoms with van der Waals surface area (Å²) >= 11 is 0. The zero-order chi connectivity index (χ0) is 47.8. The fourth-order valence-corrected chi connectivity index (χ4v) is 10.5. The van der Waals surface area contributed by atoms with Crippen molar-refractivity contribution in [3.8, 4) is 23.0 Å². The number of hydrogen-bond acceptors (Lipinski definition) is 10. The van der Waals surface area contributed by atoms with E-state index in [0.29, 0.717) is 55.2 Å². The predicted octanol–water partition coefficient (Wildman–Crippen LogP) is 16.4. The monoisotopic (exact) mass is 932 g/mol. The summed E-state index contributed by atoms with van der Waals surface area (Å²) in [6, 6.07) is 16.5. The standard InChI is InChI=1S/C53H74O10P2/c1-19-54-34-24-38-39-25-35(55-20-2)29-43(51(10,11)12)47(39)61-64(60-46(38)42(28-34)50(7,8)9)58-32(5)23-33(6)59-65-62-48-40(26-36(56-21-3)30-44(48)52(13,14)15)41-27-37(57-22-4)31-45(49(41)63-65)53(16,17)18/h24-33H,19-23H2,1-18H3/t32-,33-/m1/s1. The van der Waals surface area contributed by atoms with Crippen LogP contribution in [-0.2, 0) is 21.7 Å². The first-order chi connectivity index (χ1) is 30.4. The predicted molar refractivity (Wildman–Crippen MR) is 269 cm³/mol. The molecule has 6 aromatic rings. The van der Waals surface area contributed by atoms with Crippen LogP contribution in [0, 0.1) is 0 Å². The molecule has 2 atom stereocenters. The van der Waals surface area contributed by atoms with Gasteiger partial charge in [0.25, 0.3) is 0 Å². The third kappa shape index (κ3) is 11.5. The fourth-order valence-electron chi connectivity index (χ4n) is 8.10. The Morgan fingerprint density at radius 3 is 0.785 bits per heavy atom. The van der Waals surface area contributed by atoms with Gasteiger partial charge in [-0.05, 0) is 112 Å². The second-order valence-corrected chi connectivity index (χ2v) is 23.0. The Hall–Kier alpha value is -4.20. The van der Waals surface area contributed by atoms with Crippen LogP contribution in [0.2, 0.25) is 0 Å². The molecule has 2 aromatic heterocycles. The van der Waals surface area contributed by atoms with Gasteiger partial charge in [0.1, 0.15) is 45.3 Å². The van der Waals surface area contributed by atoms with Gasteiger partial charge in [0.15, 0.2) is 0 Å². The molecule has 0 unspecified atom stereocenters. The van der Waals surface area contributed by atoms with Crippen LogP contribution >= 0.6 is 16.5 Å². The van der Waals surface area contributed by atoms with Gasteiger partial charge < -0.3 is 35.7 Å². The van der Waals surface area contributed by atoms with Gasteiger partial charge in [-0.3, -0.25) is 9.05 Å². The van der Waals surface area contributed by atoms with Crippen molar-refractivity contribution in [2.75, 3.05) is 26.4 Å². The zero-order valence-corrected chi connectivity index (χ0v) is 44.1. The molecule has 65 heavy (non-hydrogen) atoms. The van der Waals surface area contributed by atoms with Crippen molar-refractivity contribution in [2.24, 2.45) is 0 Å². The van der Waals surface area contributed by atoms with Gasteiger partial charge >= 0.3 is 16.5 Å². The first-order valence-electron chi connectivity index (χ1n) is 23.3. The van der Waals surface area contributed by atoms with Gasteiger partial charge in [0, 0.05) is 50.2 Å². The fraction of sp³-hybridized carbons (Fsp3) is 0.547. The van der Waals surface area contributed by atoms with Gasteiger partial charge in [0.2, 0.25) is 0 Å². The van der Waals surface area contributed by atoms with Crippen molar-refractivity contribution in [1.82, 2.24) is 0 Å². The molecule has 0 fully saturated rings.